The summed E-state index contributed by atoms with van der Waals surface area (Å²) in [5.41, 5.74) is 1.09. The van der Waals surface area contributed by atoms with E-state index >= 15 is 0 Å². The lowest BCUT2D eigenvalue weighted by molar-refractivity contribution is 0.380. The van der Waals surface area contributed by atoms with Crippen LogP contribution in [0.4, 0.5) is 0 Å². The lowest BCUT2D eigenvalue weighted by atomic mass is 9.99. The summed E-state index contributed by atoms with van der Waals surface area (Å²) in [6.07, 6.45) is 5.48. The Labute approximate surface area is 114 Å². The molecule has 0 amide bonds. The van der Waals surface area contributed by atoms with Gasteiger partial charge in [-0.25, -0.2) is 0 Å². The van der Waals surface area contributed by atoms with Gasteiger partial charge in [-0.3, -0.25) is 0 Å². The third-order valence-corrected chi connectivity index (χ3v) is 4.61. The Morgan fingerprint density at radius 3 is 2.71 bits per heavy atom. The fourth-order valence-corrected chi connectivity index (χ4v) is 2.97. The molecule has 1 aromatic rings. The molecule has 3 heteroatoms. The van der Waals surface area contributed by atoms with E-state index in [1.165, 1.54) is 25.7 Å². The van der Waals surface area contributed by atoms with Gasteiger partial charge in [0.2, 0.25) is 0 Å². The van der Waals surface area contributed by atoms with Gasteiger partial charge in [0.05, 0.1) is 10.0 Å². The van der Waals surface area contributed by atoms with Gasteiger partial charge in [0, 0.05) is 12.6 Å². The van der Waals surface area contributed by atoms with E-state index < -0.39 is 0 Å². The number of halogens is 2. The van der Waals surface area contributed by atoms with Gasteiger partial charge in [0.15, 0.2) is 0 Å². The largest absolute Gasteiger partial charge is 0.310 e. The highest BCUT2D eigenvalue weighted by Gasteiger charge is 2.21. The first-order valence-electron chi connectivity index (χ1n) is 6.34. The van der Waals surface area contributed by atoms with E-state index in [-0.39, 0.29) is 0 Å². The van der Waals surface area contributed by atoms with E-state index in [0.29, 0.717) is 16.1 Å². The summed E-state index contributed by atoms with van der Waals surface area (Å²) < 4.78 is 0. The summed E-state index contributed by atoms with van der Waals surface area (Å²) >= 11 is 12.2. The third-order valence-electron chi connectivity index (χ3n) is 3.75. The molecule has 0 unspecified atom stereocenters. The van der Waals surface area contributed by atoms with E-state index in [9.17, 15) is 0 Å². The highest BCUT2D eigenvalue weighted by molar-refractivity contribution is 6.42. The predicted octanol–water partition coefficient (Wildman–Crippen LogP) is 4.66. The molecule has 1 atom stereocenters. The molecule has 0 saturated heterocycles. The molecule has 94 valence electrons. The lowest BCUT2D eigenvalue weighted by Crippen LogP contribution is -2.31. The molecule has 1 fully saturated rings. The van der Waals surface area contributed by atoms with Gasteiger partial charge in [0.25, 0.3) is 0 Å². The van der Waals surface area contributed by atoms with Crippen molar-refractivity contribution in [2.45, 2.75) is 45.2 Å². The zero-order chi connectivity index (χ0) is 12.3. The molecule has 0 bridgehead atoms. The smallest absolute Gasteiger partial charge is 0.0637 e. The lowest BCUT2D eigenvalue weighted by Gasteiger charge is -2.20. The molecule has 2 rings (SSSR count). The van der Waals surface area contributed by atoms with Crippen LogP contribution in [0, 0.1) is 5.92 Å². The van der Waals surface area contributed by atoms with Gasteiger partial charge in [-0.05, 0) is 37.3 Å². The van der Waals surface area contributed by atoms with Crippen molar-refractivity contribution < 1.29 is 0 Å². The molecule has 1 N–H and O–H groups in total. The van der Waals surface area contributed by atoms with Crippen LogP contribution in [0.25, 0.3) is 0 Å². The first-order chi connectivity index (χ1) is 8.18. The second-order valence-corrected chi connectivity index (χ2v) is 5.71. The molecule has 0 aromatic heterocycles. The maximum Gasteiger partial charge on any atom is 0.0637 e. The van der Waals surface area contributed by atoms with Crippen molar-refractivity contribution in [3.05, 3.63) is 33.8 Å². The van der Waals surface area contributed by atoms with Gasteiger partial charge in [0.1, 0.15) is 0 Å². The first kappa shape index (κ1) is 13.2. The minimum atomic E-state index is 0.563. The number of rotatable bonds is 4. The highest BCUT2D eigenvalue weighted by Crippen LogP contribution is 2.29. The summed E-state index contributed by atoms with van der Waals surface area (Å²) in [7, 11) is 0. The monoisotopic (exact) mass is 271 g/mol. The van der Waals surface area contributed by atoms with Gasteiger partial charge in [-0.1, -0.05) is 48.2 Å². The molecular weight excluding hydrogens is 253 g/mol. The van der Waals surface area contributed by atoms with E-state index in [4.69, 9.17) is 23.2 Å². The van der Waals surface area contributed by atoms with Gasteiger partial charge < -0.3 is 5.32 Å². The summed E-state index contributed by atoms with van der Waals surface area (Å²) in [5, 5.41) is 4.89. The SMILES string of the molecule is C[C@@H](NCc1cccc(Cl)c1Cl)C1CCCC1. The third kappa shape index (κ3) is 3.37. The molecular formula is C14H19Cl2N. The maximum absolute atomic E-state index is 6.16. The van der Waals surface area contributed by atoms with Gasteiger partial charge in [-0.15, -0.1) is 0 Å². The fraction of sp³-hybridized carbons (Fsp3) is 0.571. The van der Waals surface area contributed by atoms with Crippen molar-refractivity contribution in [2.24, 2.45) is 5.92 Å². The Balaban J connectivity index is 1.90. The normalized spacial score (nSPS) is 18.5. The molecule has 1 aromatic carbocycles. The van der Waals surface area contributed by atoms with Crippen LogP contribution in [-0.2, 0) is 6.54 Å². The minimum Gasteiger partial charge on any atom is -0.310 e. The molecule has 1 aliphatic rings. The topological polar surface area (TPSA) is 12.0 Å². The zero-order valence-electron chi connectivity index (χ0n) is 10.2. The van der Waals surface area contributed by atoms with Crippen LogP contribution in [-0.4, -0.2) is 6.04 Å². The van der Waals surface area contributed by atoms with Crippen molar-refractivity contribution in [1.29, 1.82) is 0 Å². The Morgan fingerprint density at radius 2 is 2.00 bits per heavy atom. The number of nitrogens with one attached hydrogen (secondary N) is 1. The standard InChI is InChI=1S/C14H19Cl2N/c1-10(11-5-2-3-6-11)17-9-12-7-4-8-13(15)14(12)16/h4,7-8,10-11,17H,2-3,5-6,9H2,1H3/t10-/m1/s1. The van der Waals surface area contributed by atoms with Crippen LogP contribution >= 0.6 is 23.2 Å². The van der Waals surface area contributed by atoms with Crippen molar-refractivity contribution in [1.82, 2.24) is 5.32 Å². The van der Waals surface area contributed by atoms with Crippen LogP contribution in [0.2, 0.25) is 10.0 Å². The van der Waals surface area contributed by atoms with Crippen LogP contribution in [0.1, 0.15) is 38.2 Å². The molecule has 1 aliphatic carbocycles. The minimum absolute atomic E-state index is 0.563. The second kappa shape index (κ2) is 6.08. The van der Waals surface area contributed by atoms with Crippen LogP contribution in [0.5, 0.6) is 0 Å². The van der Waals surface area contributed by atoms with Crippen LogP contribution in [0.15, 0.2) is 18.2 Å². The fourth-order valence-electron chi connectivity index (χ4n) is 2.58. The first-order valence-corrected chi connectivity index (χ1v) is 7.10. The average molecular weight is 272 g/mol. The van der Waals surface area contributed by atoms with E-state index in [2.05, 4.69) is 12.2 Å². The molecule has 0 aliphatic heterocycles. The molecule has 0 heterocycles. The van der Waals surface area contributed by atoms with Crippen molar-refractivity contribution in [3.8, 4) is 0 Å². The molecule has 0 spiro atoms. The number of hydrogen-bond donors (Lipinski definition) is 1. The zero-order valence-corrected chi connectivity index (χ0v) is 11.7. The van der Waals surface area contributed by atoms with E-state index in [1.807, 2.05) is 18.2 Å². The van der Waals surface area contributed by atoms with Gasteiger partial charge >= 0.3 is 0 Å². The summed E-state index contributed by atoms with van der Waals surface area (Å²) in [6, 6.07) is 6.37. The van der Waals surface area contributed by atoms with Crippen molar-refractivity contribution >= 4 is 23.2 Å². The Bertz CT molecular complexity index is 372. The predicted molar refractivity (Wildman–Crippen MR) is 74.7 cm³/mol. The van der Waals surface area contributed by atoms with Crippen molar-refractivity contribution in [2.75, 3.05) is 0 Å². The summed E-state index contributed by atoms with van der Waals surface area (Å²) in [5.74, 6) is 0.827. The summed E-state index contributed by atoms with van der Waals surface area (Å²) in [4.78, 5) is 0. The van der Waals surface area contributed by atoms with Crippen molar-refractivity contribution in [3.63, 3.8) is 0 Å². The highest BCUT2D eigenvalue weighted by atomic mass is 35.5. The van der Waals surface area contributed by atoms with Crippen LogP contribution < -0.4 is 5.32 Å². The molecule has 17 heavy (non-hydrogen) atoms. The average Bonchev–Trinajstić information content (AvgIpc) is 2.84. The molecule has 1 nitrogen and oxygen atoms in total. The van der Waals surface area contributed by atoms with E-state index in [1.54, 1.807) is 0 Å². The van der Waals surface area contributed by atoms with Crippen LogP contribution in [0.3, 0.4) is 0 Å². The summed E-state index contributed by atoms with van der Waals surface area (Å²) in [6.45, 7) is 3.07. The number of hydrogen-bond acceptors (Lipinski definition) is 1. The Hall–Kier alpha value is -0.240. The number of benzene rings is 1. The Kier molecular flexibility index (Phi) is 4.72. The molecule has 1 saturated carbocycles. The van der Waals surface area contributed by atoms with E-state index in [0.717, 1.165) is 18.0 Å². The second-order valence-electron chi connectivity index (χ2n) is 4.93. The quantitative estimate of drug-likeness (QED) is 0.840. The van der Waals surface area contributed by atoms with Gasteiger partial charge in [-0.2, -0.15) is 0 Å². The molecule has 0 radical (unpaired) electrons. The Morgan fingerprint density at radius 1 is 1.29 bits per heavy atom. The maximum atomic E-state index is 6.16.